The maximum atomic E-state index is 13.1. The van der Waals surface area contributed by atoms with Crippen molar-refractivity contribution in [1.29, 1.82) is 0 Å². The molecule has 0 aliphatic heterocycles. The van der Waals surface area contributed by atoms with E-state index in [1.54, 1.807) is 28.0 Å². The molecule has 28 heavy (non-hydrogen) atoms. The monoisotopic (exact) mass is 407 g/mol. The van der Waals surface area contributed by atoms with E-state index >= 15 is 0 Å². The van der Waals surface area contributed by atoms with Crippen molar-refractivity contribution in [2.24, 2.45) is 0 Å². The Balaban J connectivity index is 1.49. The summed E-state index contributed by atoms with van der Waals surface area (Å²) in [6, 6.07) is 15.9. The standard InChI is InChI=1S/C22H21N3OS2/c1-16-10-12-27-20(16)14-24(2)22(26)18-7-3-4-8-19(18)28-15-17-13-25-11-6-5-9-21(25)23-17/h3-13H,14-15H2,1-2H3. The predicted molar refractivity (Wildman–Crippen MR) is 116 cm³/mol. The van der Waals surface area contributed by atoms with E-state index < -0.39 is 0 Å². The summed E-state index contributed by atoms with van der Waals surface area (Å²) in [4.78, 5) is 21.7. The molecule has 6 heteroatoms. The highest BCUT2D eigenvalue weighted by Gasteiger charge is 2.17. The van der Waals surface area contributed by atoms with Gasteiger partial charge in [-0.05, 0) is 48.2 Å². The lowest BCUT2D eigenvalue weighted by molar-refractivity contribution is 0.0783. The minimum absolute atomic E-state index is 0.0471. The molecule has 0 saturated heterocycles. The molecule has 0 N–H and O–H groups in total. The molecule has 142 valence electrons. The fraction of sp³-hybridized carbons (Fsp3) is 0.182. The Morgan fingerprint density at radius 3 is 2.79 bits per heavy atom. The molecule has 0 saturated carbocycles. The van der Waals surface area contributed by atoms with Crippen molar-refractivity contribution in [3.63, 3.8) is 0 Å². The van der Waals surface area contributed by atoms with Gasteiger partial charge in [0.1, 0.15) is 5.65 Å². The summed E-state index contributed by atoms with van der Waals surface area (Å²) in [6.07, 6.45) is 4.04. The smallest absolute Gasteiger partial charge is 0.255 e. The Morgan fingerprint density at radius 2 is 2.00 bits per heavy atom. The zero-order chi connectivity index (χ0) is 19.5. The van der Waals surface area contributed by atoms with Crippen molar-refractivity contribution in [3.8, 4) is 0 Å². The third-order valence-electron chi connectivity index (χ3n) is 4.60. The number of amides is 1. The van der Waals surface area contributed by atoms with E-state index in [0.29, 0.717) is 6.54 Å². The molecule has 0 fully saturated rings. The van der Waals surface area contributed by atoms with Crippen LogP contribution in [-0.4, -0.2) is 27.2 Å². The van der Waals surface area contributed by atoms with Gasteiger partial charge in [-0.25, -0.2) is 4.98 Å². The summed E-state index contributed by atoms with van der Waals surface area (Å²) >= 11 is 3.35. The van der Waals surface area contributed by atoms with E-state index in [0.717, 1.165) is 27.6 Å². The average molecular weight is 408 g/mol. The van der Waals surface area contributed by atoms with Crippen LogP contribution in [0.3, 0.4) is 0 Å². The molecule has 0 bridgehead atoms. The summed E-state index contributed by atoms with van der Waals surface area (Å²) in [7, 11) is 1.87. The van der Waals surface area contributed by atoms with Crippen LogP contribution < -0.4 is 0 Å². The molecule has 0 atom stereocenters. The van der Waals surface area contributed by atoms with Crippen LogP contribution in [-0.2, 0) is 12.3 Å². The third kappa shape index (κ3) is 3.98. The van der Waals surface area contributed by atoms with Crippen LogP contribution in [0.15, 0.2) is 71.2 Å². The molecule has 0 spiro atoms. The van der Waals surface area contributed by atoms with Crippen molar-refractivity contribution in [3.05, 3.63) is 88.0 Å². The van der Waals surface area contributed by atoms with Gasteiger partial charge in [0, 0.05) is 35.0 Å². The van der Waals surface area contributed by atoms with Gasteiger partial charge in [0.05, 0.1) is 17.8 Å². The normalized spacial score (nSPS) is 11.1. The van der Waals surface area contributed by atoms with Gasteiger partial charge in [-0.2, -0.15) is 0 Å². The average Bonchev–Trinajstić information content (AvgIpc) is 3.31. The number of benzene rings is 1. The molecule has 1 aromatic carbocycles. The number of thioether (sulfide) groups is 1. The van der Waals surface area contributed by atoms with E-state index in [1.807, 2.05) is 66.3 Å². The first kappa shape index (κ1) is 18.8. The van der Waals surface area contributed by atoms with Crippen LogP contribution in [0.4, 0.5) is 0 Å². The van der Waals surface area contributed by atoms with Crippen LogP contribution >= 0.6 is 23.1 Å². The van der Waals surface area contributed by atoms with E-state index in [4.69, 9.17) is 0 Å². The first-order valence-electron chi connectivity index (χ1n) is 9.04. The second kappa shape index (κ2) is 8.20. The molecule has 3 aromatic heterocycles. The van der Waals surface area contributed by atoms with Gasteiger partial charge in [0.25, 0.3) is 5.91 Å². The van der Waals surface area contributed by atoms with Crippen LogP contribution in [0.2, 0.25) is 0 Å². The molecular weight excluding hydrogens is 386 g/mol. The third-order valence-corrected chi connectivity index (χ3v) is 6.72. The SMILES string of the molecule is Cc1ccsc1CN(C)C(=O)c1ccccc1SCc1cn2ccccc2n1. The maximum absolute atomic E-state index is 13.1. The number of pyridine rings is 1. The minimum atomic E-state index is 0.0471. The van der Waals surface area contributed by atoms with E-state index in [2.05, 4.69) is 23.4 Å². The van der Waals surface area contributed by atoms with E-state index in [-0.39, 0.29) is 5.91 Å². The number of nitrogens with zero attached hydrogens (tertiary/aromatic N) is 3. The molecule has 4 aromatic rings. The Bertz CT molecular complexity index is 1080. The lowest BCUT2D eigenvalue weighted by Crippen LogP contribution is -2.26. The zero-order valence-corrected chi connectivity index (χ0v) is 17.5. The second-order valence-electron chi connectivity index (χ2n) is 6.67. The summed E-state index contributed by atoms with van der Waals surface area (Å²) < 4.78 is 2.02. The summed E-state index contributed by atoms with van der Waals surface area (Å²) in [5.74, 6) is 0.769. The van der Waals surface area contributed by atoms with Crippen molar-refractivity contribution in [2.75, 3.05) is 7.05 Å². The minimum Gasteiger partial charge on any atom is -0.337 e. The number of imidazole rings is 1. The van der Waals surface area contributed by atoms with E-state index in [1.165, 1.54) is 10.4 Å². The molecule has 0 aliphatic rings. The fourth-order valence-corrected chi connectivity index (χ4v) is 4.92. The van der Waals surface area contributed by atoms with Gasteiger partial charge in [0.2, 0.25) is 0 Å². The summed E-state index contributed by atoms with van der Waals surface area (Å²) in [5.41, 5.74) is 3.92. The lowest BCUT2D eigenvalue weighted by atomic mass is 10.2. The topological polar surface area (TPSA) is 37.6 Å². The predicted octanol–water partition coefficient (Wildman–Crippen LogP) is 5.27. The number of hydrogen-bond acceptors (Lipinski definition) is 4. The van der Waals surface area contributed by atoms with Crippen molar-refractivity contribution in [2.45, 2.75) is 24.1 Å². The van der Waals surface area contributed by atoms with Gasteiger partial charge in [-0.1, -0.05) is 18.2 Å². The van der Waals surface area contributed by atoms with Gasteiger partial charge in [-0.15, -0.1) is 23.1 Å². The fourth-order valence-electron chi connectivity index (χ4n) is 3.04. The van der Waals surface area contributed by atoms with Gasteiger partial charge in [-0.3, -0.25) is 4.79 Å². The first-order valence-corrected chi connectivity index (χ1v) is 10.9. The van der Waals surface area contributed by atoms with Gasteiger partial charge in [0.15, 0.2) is 0 Å². The Morgan fingerprint density at radius 1 is 1.18 bits per heavy atom. The molecule has 0 aliphatic carbocycles. The highest BCUT2D eigenvalue weighted by atomic mass is 32.2. The molecule has 4 nitrogen and oxygen atoms in total. The molecule has 4 rings (SSSR count). The first-order chi connectivity index (χ1) is 13.6. The maximum Gasteiger partial charge on any atom is 0.255 e. The molecule has 1 amide bonds. The number of hydrogen-bond donors (Lipinski definition) is 0. The molecule has 0 unspecified atom stereocenters. The van der Waals surface area contributed by atoms with Crippen molar-refractivity contribution >= 4 is 34.7 Å². The van der Waals surface area contributed by atoms with Gasteiger partial charge < -0.3 is 9.30 Å². The van der Waals surface area contributed by atoms with Crippen LogP contribution in [0, 0.1) is 6.92 Å². The number of carbonyl (C=O) groups is 1. The quantitative estimate of drug-likeness (QED) is 0.409. The number of aromatic nitrogens is 2. The van der Waals surface area contributed by atoms with Gasteiger partial charge >= 0.3 is 0 Å². The van der Waals surface area contributed by atoms with Crippen LogP contribution in [0.25, 0.3) is 5.65 Å². The second-order valence-corrected chi connectivity index (χ2v) is 8.69. The highest BCUT2D eigenvalue weighted by Crippen LogP contribution is 2.28. The zero-order valence-electron chi connectivity index (χ0n) is 15.8. The van der Waals surface area contributed by atoms with E-state index in [9.17, 15) is 4.79 Å². The summed E-state index contributed by atoms with van der Waals surface area (Å²) in [6.45, 7) is 2.72. The Kier molecular flexibility index (Phi) is 5.50. The van der Waals surface area contributed by atoms with Crippen molar-refractivity contribution < 1.29 is 4.79 Å². The number of aryl methyl sites for hydroxylation is 1. The largest absolute Gasteiger partial charge is 0.337 e. The Labute approximate surface area is 172 Å². The molecule has 0 radical (unpaired) electrons. The Hall–Kier alpha value is -2.57. The lowest BCUT2D eigenvalue weighted by Gasteiger charge is -2.18. The van der Waals surface area contributed by atoms with Crippen molar-refractivity contribution in [1.82, 2.24) is 14.3 Å². The highest BCUT2D eigenvalue weighted by molar-refractivity contribution is 7.98. The molecular formula is C22H21N3OS2. The summed E-state index contributed by atoms with van der Waals surface area (Å²) in [5, 5.41) is 2.07. The number of thiophene rings is 1. The number of fused-ring (bicyclic) bond motifs is 1. The number of carbonyl (C=O) groups excluding carboxylic acids is 1. The van der Waals surface area contributed by atoms with Crippen LogP contribution in [0.5, 0.6) is 0 Å². The number of rotatable bonds is 6. The van der Waals surface area contributed by atoms with Crippen LogP contribution in [0.1, 0.15) is 26.5 Å². The molecule has 3 heterocycles.